The van der Waals surface area contributed by atoms with E-state index in [0.717, 1.165) is 18.1 Å². The van der Waals surface area contributed by atoms with Gasteiger partial charge in [0.25, 0.3) is 0 Å². The van der Waals surface area contributed by atoms with Crippen molar-refractivity contribution in [1.82, 2.24) is 14.8 Å². The van der Waals surface area contributed by atoms with Gasteiger partial charge in [-0.3, -0.25) is 4.68 Å². The maximum Gasteiger partial charge on any atom is 0.154 e. The molecule has 4 heteroatoms. The lowest BCUT2D eigenvalue weighted by Crippen LogP contribution is -2.15. The predicted octanol–water partition coefficient (Wildman–Crippen LogP) is 1.61. The van der Waals surface area contributed by atoms with E-state index in [4.69, 9.17) is 5.73 Å². The largest absolute Gasteiger partial charge is 0.330 e. The van der Waals surface area contributed by atoms with Crippen LogP contribution in [-0.2, 0) is 13.5 Å². The van der Waals surface area contributed by atoms with Crippen LogP contribution < -0.4 is 5.73 Å². The van der Waals surface area contributed by atoms with E-state index >= 15 is 0 Å². The molecule has 0 saturated heterocycles. The Morgan fingerprint density at radius 1 is 1.44 bits per heavy atom. The van der Waals surface area contributed by atoms with Crippen molar-refractivity contribution in [3.8, 4) is 0 Å². The summed E-state index contributed by atoms with van der Waals surface area (Å²) in [5.74, 6) is 3.23. The van der Waals surface area contributed by atoms with Crippen molar-refractivity contribution < 1.29 is 0 Å². The average molecular weight is 222 g/mol. The fourth-order valence-corrected chi connectivity index (χ4v) is 2.37. The van der Waals surface area contributed by atoms with E-state index in [9.17, 15) is 0 Å². The summed E-state index contributed by atoms with van der Waals surface area (Å²) in [6, 6.07) is 0. The van der Waals surface area contributed by atoms with E-state index in [1.165, 1.54) is 25.7 Å². The summed E-state index contributed by atoms with van der Waals surface area (Å²) in [5.41, 5.74) is 5.64. The zero-order valence-electron chi connectivity index (χ0n) is 10.3. The van der Waals surface area contributed by atoms with Gasteiger partial charge in [-0.25, -0.2) is 4.98 Å². The topological polar surface area (TPSA) is 56.7 Å². The van der Waals surface area contributed by atoms with E-state index in [2.05, 4.69) is 17.0 Å². The molecule has 1 unspecified atom stereocenters. The minimum absolute atomic E-state index is 0.485. The van der Waals surface area contributed by atoms with Crippen molar-refractivity contribution in [3.05, 3.63) is 11.6 Å². The van der Waals surface area contributed by atoms with Gasteiger partial charge in [0, 0.05) is 19.4 Å². The number of rotatable bonds is 4. The van der Waals surface area contributed by atoms with Crippen LogP contribution in [0.15, 0.2) is 0 Å². The zero-order chi connectivity index (χ0) is 11.5. The van der Waals surface area contributed by atoms with Crippen LogP contribution in [0.1, 0.15) is 50.2 Å². The van der Waals surface area contributed by atoms with Crippen molar-refractivity contribution in [2.75, 3.05) is 6.54 Å². The quantitative estimate of drug-likeness (QED) is 0.842. The van der Waals surface area contributed by atoms with Crippen LogP contribution in [0.25, 0.3) is 0 Å². The molecule has 1 atom stereocenters. The first-order chi connectivity index (χ1) is 7.70. The Bertz CT molecular complexity index is 339. The molecule has 1 aliphatic carbocycles. The second kappa shape index (κ2) is 4.95. The molecule has 90 valence electrons. The number of hydrogen-bond donors (Lipinski definition) is 1. The van der Waals surface area contributed by atoms with Crippen LogP contribution in [0.5, 0.6) is 0 Å². The molecule has 1 fully saturated rings. The Morgan fingerprint density at radius 2 is 2.12 bits per heavy atom. The molecule has 1 saturated carbocycles. The van der Waals surface area contributed by atoms with Crippen molar-refractivity contribution in [2.45, 2.75) is 44.9 Å². The highest BCUT2D eigenvalue weighted by Crippen LogP contribution is 2.32. The van der Waals surface area contributed by atoms with Gasteiger partial charge in [0.15, 0.2) is 5.82 Å². The minimum atomic E-state index is 0.485. The lowest BCUT2D eigenvalue weighted by molar-refractivity contribution is 0.549. The van der Waals surface area contributed by atoms with Crippen molar-refractivity contribution in [1.29, 1.82) is 0 Å². The number of hydrogen-bond acceptors (Lipinski definition) is 3. The first kappa shape index (κ1) is 11.6. The maximum absolute atomic E-state index is 5.64. The molecule has 4 nitrogen and oxygen atoms in total. The summed E-state index contributed by atoms with van der Waals surface area (Å²) < 4.78 is 1.93. The number of nitrogens with zero attached hydrogens (tertiary/aromatic N) is 3. The molecule has 2 rings (SSSR count). The monoisotopic (exact) mass is 222 g/mol. The van der Waals surface area contributed by atoms with Gasteiger partial charge >= 0.3 is 0 Å². The molecule has 0 amide bonds. The molecule has 1 aromatic rings. The SMILES string of the molecule is CC(CN)Cc1nc(C2CCCC2)nn1C. The summed E-state index contributed by atoms with van der Waals surface area (Å²) >= 11 is 0. The van der Waals surface area contributed by atoms with Gasteiger partial charge in [0.05, 0.1) is 0 Å². The van der Waals surface area contributed by atoms with E-state index in [1.54, 1.807) is 0 Å². The van der Waals surface area contributed by atoms with Crippen LogP contribution >= 0.6 is 0 Å². The number of aryl methyl sites for hydroxylation is 1. The molecule has 0 aromatic carbocycles. The molecular formula is C12H22N4. The molecule has 0 bridgehead atoms. The van der Waals surface area contributed by atoms with Gasteiger partial charge in [0.2, 0.25) is 0 Å². The summed E-state index contributed by atoms with van der Waals surface area (Å²) in [5, 5.41) is 4.54. The van der Waals surface area contributed by atoms with Gasteiger partial charge in [0.1, 0.15) is 5.82 Å². The lowest BCUT2D eigenvalue weighted by atomic mass is 10.1. The van der Waals surface area contributed by atoms with E-state index in [-0.39, 0.29) is 0 Å². The second-order valence-corrected chi connectivity index (χ2v) is 5.04. The molecule has 2 N–H and O–H groups in total. The van der Waals surface area contributed by atoms with Crippen LogP contribution in [0, 0.1) is 5.92 Å². The highest BCUT2D eigenvalue weighted by atomic mass is 15.3. The van der Waals surface area contributed by atoms with Gasteiger partial charge in [-0.1, -0.05) is 19.8 Å². The summed E-state index contributed by atoms with van der Waals surface area (Å²) in [6.07, 6.45) is 6.12. The van der Waals surface area contributed by atoms with Crippen molar-refractivity contribution in [3.63, 3.8) is 0 Å². The fraction of sp³-hybridized carbons (Fsp3) is 0.833. The Balaban J connectivity index is 2.08. The predicted molar refractivity (Wildman–Crippen MR) is 64.1 cm³/mol. The number of aromatic nitrogens is 3. The first-order valence-corrected chi connectivity index (χ1v) is 6.30. The van der Waals surface area contributed by atoms with Crippen molar-refractivity contribution in [2.24, 2.45) is 18.7 Å². The van der Waals surface area contributed by atoms with Crippen LogP contribution in [0.3, 0.4) is 0 Å². The molecule has 16 heavy (non-hydrogen) atoms. The lowest BCUT2D eigenvalue weighted by Gasteiger charge is -2.06. The van der Waals surface area contributed by atoms with Crippen molar-refractivity contribution >= 4 is 0 Å². The highest BCUT2D eigenvalue weighted by Gasteiger charge is 2.22. The molecule has 0 spiro atoms. The zero-order valence-corrected chi connectivity index (χ0v) is 10.3. The standard InChI is InChI=1S/C12H22N4/c1-9(8-13)7-11-14-12(15-16(11)2)10-5-3-4-6-10/h9-10H,3-8,13H2,1-2H3. The van der Waals surface area contributed by atoms with E-state index in [1.807, 2.05) is 11.7 Å². The van der Waals surface area contributed by atoms with Crippen LogP contribution in [0.2, 0.25) is 0 Å². The third-order valence-corrected chi connectivity index (χ3v) is 3.52. The van der Waals surface area contributed by atoms with Crippen LogP contribution in [-0.4, -0.2) is 21.3 Å². The summed E-state index contributed by atoms with van der Waals surface area (Å²) in [6.45, 7) is 2.87. The van der Waals surface area contributed by atoms with E-state index < -0.39 is 0 Å². The Morgan fingerprint density at radius 3 is 2.75 bits per heavy atom. The number of nitrogens with two attached hydrogens (primary N) is 1. The average Bonchev–Trinajstić information content (AvgIpc) is 2.88. The molecule has 1 heterocycles. The second-order valence-electron chi connectivity index (χ2n) is 5.04. The van der Waals surface area contributed by atoms with Crippen LogP contribution in [0.4, 0.5) is 0 Å². The maximum atomic E-state index is 5.64. The Labute approximate surface area is 97.2 Å². The minimum Gasteiger partial charge on any atom is -0.330 e. The molecule has 1 aromatic heterocycles. The normalized spacial score (nSPS) is 19.2. The van der Waals surface area contributed by atoms with Gasteiger partial charge in [-0.05, 0) is 25.3 Å². The summed E-state index contributed by atoms with van der Waals surface area (Å²) in [7, 11) is 1.99. The third kappa shape index (κ3) is 2.43. The first-order valence-electron chi connectivity index (χ1n) is 6.30. The molecule has 0 radical (unpaired) electrons. The van der Waals surface area contributed by atoms with Gasteiger partial charge in [-0.15, -0.1) is 0 Å². The third-order valence-electron chi connectivity index (χ3n) is 3.52. The van der Waals surface area contributed by atoms with E-state index in [0.29, 0.717) is 18.4 Å². The van der Waals surface area contributed by atoms with Gasteiger partial charge in [-0.2, -0.15) is 5.10 Å². The molecular weight excluding hydrogens is 200 g/mol. The molecule has 0 aliphatic heterocycles. The fourth-order valence-electron chi connectivity index (χ4n) is 2.37. The smallest absolute Gasteiger partial charge is 0.154 e. The molecule has 1 aliphatic rings. The highest BCUT2D eigenvalue weighted by molar-refractivity contribution is 5.01. The Hall–Kier alpha value is -0.900. The Kier molecular flexibility index (Phi) is 3.59. The van der Waals surface area contributed by atoms with Gasteiger partial charge < -0.3 is 5.73 Å². The summed E-state index contributed by atoms with van der Waals surface area (Å²) in [4.78, 5) is 4.68.